The van der Waals surface area contributed by atoms with Gasteiger partial charge in [-0.3, -0.25) is 9.59 Å². The van der Waals surface area contributed by atoms with Crippen molar-refractivity contribution < 1.29 is 9.59 Å². The van der Waals surface area contributed by atoms with Crippen LogP contribution in [0.3, 0.4) is 0 Å². The molecule has 2 fully saturated rings. The first-order valence-electron chi connectivity index (χ1n) is 6.56. The van der Waals surface area contributed by atoms with Gasteiger partial charge in [0.05, 0.1) is 5.88 Å². The molecule has 0 aromatic heterocycles. The highest BCUT2D eigenvalue weighted by molar-refractivity contribution is 7.99. The van der Waals surface area contributed by atoms with Crippen molar-refractivity contribution in [3.8, 4) is 0 Å². The van der Waals surface area contributed by atoms with Crippen molar-refractivity contribution in [3.05, 3.63) is 0 Å². The second-order valence-corrected chi connectivity index (χ2v) is 7.23. The molecular weight excluding hydrogens is 248 g/mol. The van der Waals surface area contributed by atoms with Crippen molar-refractivity contribution >= 4 is 23.6 Å². The third kappa shape index (κ3) is 3.19. The van der Waals surface area contributed by atoms with Crippen molar-refractivity contribution in [3.63, 3.8) is 0 Å². The first-order valence-corrected chi connectivity index (χ1v) is 7.71. The summed E-state index contributed by atoms with van der Waals surface area (Å²) in [5.41, 5.74) is -0.417. The minimum Gasteiger partial charge on any atom is -0.354 e. The Morgan fingerprint density at radius 2 is 2.00 bits per heavy atom. The maximum absolute atomic E-state index is 12.3. The molecule has 2 amide bonds. The quantitative estimate of drug-likeness (QED) is 0.844. The lowest BCUT2D eigenvalue weighted by Crippen LogP contribution is -2.50. The van der Waals surface area contributed by atoms with E-state index in [9.17, 15) is 9.59 Å². The van der Waals surface area contributed by atoms with Crippen molar-refractivity contribution in [2.24, 2.45) is 11.3 Å². The van der Waals surface area contributed by atoms with Crippen LogP contribution in [-0.2, 0) is 9.59 Å². The molecule has 1 saturated heterocycles. The Hall–Kier alpha value is -0.710. The average Bonchev–Trinajstić information content (AvgIpc) is 2.99. The maximum Gasteiger partial charge on any atom is 0.243 e. The van der Waals surface area contributed by atoms with Crippen LogP contribution >= 0.6 is 11.8 Å². The highest BCUT2D eigenvalue weighted by atomic mass is 32.2. The fourth-order valence-corrected chi connectivity index (χ4v) is 3.13. The van der Waals surface area contributed by atoms with Gasteiger partial charge in [0, 0.05) is 17.7 Å². The van der Waals surface area contributed by atoms with Gasteiger partial charge in [-0.15, -0.1) is 11.8 Å². The molecule has 1 aliphatic carbocycles. The standard InChI is InChI=1S/C13H22N2O2S/c1-13(2,3)12(17)15-8-18-7-10(15)11(16)14-6-9-4-5-9/h9-10H,4-8H2,1-3H3,(H,14,16). The van der Waals surface area contributed by atoms with Crippen molar-refractivity contribution in [2.75, 3.05) is 18.2 Å². The van der Waals surface area contributed by atoms with E-state index in [-0.39, 0.29) is 17.9 Å². The Balaban J connectivity index is 1.93. The van der Waals surface area contributed by atoms with Crippen LogP contribution in [0.25, 0.3) is 0 Å². The predicted octanol–water partition coefficient (Wildman–Crippen LogP) is 1.46. The summed E-state index contributed by atoms with van der Waals surface area (Å²) in [4.78, 5) is 26.1. The molecule has 102 valence electrons. The number of hydrogen-bond donors (Lipinski definition) is 1. The molecule has 0 aromatic rings. The normalized spacial score (nSPS) is 24.2. The largest absolute Gasteiger partial charge is 0.354 e. The number of nitrogens with one attached hydrogen (secondary N) is 1. The zero-order chi connectivity index (χ0) is 13.3. The van der Waals surface area contributed by atoms with E-state index in [4.69, 9.17) is 0 Å². The van der Waals surface area contributed by atoms with Crippen molar-refractivity contribution in [1.29, 1.82) is 0 Å². The topological polar surface area (TPSA) is 49.4 Å². The highest BCUT2D eigenvalue weighted by Crippen LogP contribution is 2.29. The molecule has 1 unspecified atom stereocenters. The average molecular weight is 270 g/mol. The van der Waals surface area contributed by atoms with Crippen LogP contribution in [0.2, 0.25) is 0 Å². The number of thioether (sulfide) groups is 1. The van der Waals surface area contributed by atoms with E-state index >= 15 is 0 Å². The number of amides is 2. The lowest BCUT2D eigenvalue weighted by molar-refractivity contribution is -0.144. The highest BCUT2D eigenvalue weighted by Gasteiger charge is 2.39. The van der Waals surface area contributed by atoms with Crippen molar-refractivity contribution in [1.82, 2.24) is 10.2 Å². The molecule has 2 rings (SSSR count). The van der Waals surface area contributed by atoms with Crippen LogP contribution in [0.15, 0.2) is 0 Å². The first-order chi connectivity index (χ1) is 8.39. The molecule has 0 bridgehead atoms. The van der Waals surface area contributed by atoms with Gasteiger partial charge >= 0.3 is 0 Å². The molecule has 1 N–H and O–H groups in total. The van der Waals surface area contributed by atoms with E-state index in [1.54, 1.807) is 16.7 Å². The Morgan fingerprint density at radius 1 is 1.33 bits per heavy atom. The molecule has 1 atom stereocenters. The third-order valence-corrected chi connectivity index (χ3v) is 4.36. The first kappa shape index (κ1) is 13.7. The summed E-state index contributed by atoms with van der Waals surface area (Å²) in [6, 6.07) is -0.277. The lowest BCUT2D eigenvalue weighted by atomic mass is 9.94. The molecule has 4 nitrogen and oxygen atoms in total. The molecule has 0 aromatic carbocycles. The summed E-state index contributed by atoms with van der Waals surface area (Å²) in [5, 5.41) is 2.98. The van der Waals surface area contributed by atoms with Crippen LogP contribution in [0.4, 0.5) is 0 Å². The van der Waals surface area contributed by atoms with Crippen LogP contribution in [0.1, 0.15) is 33.6 Å². The van der Waals surface area contributed by atoms with Crippen LogP contribution in [0.5, 0.6) is 0 Å². The Kier molecular flexibility index (Phi) is 3.90. The van der Waals surface area contributed by atoms with Gasteiger partial charge in [-0.2, -0.15) is 0 Å². The van der Waals surface area contributed by atoms with E-state index in [2.05, 4.69) is 5.32 Å². The van der Waals surface area contributed by atoms with Gasteiger partial charge in [-0.1, -0.05) is 20.8 Å². The maximum atomic E-state index is 12.3. The summed E-state index contributed by atoms with van der Waals surface area (Å²) < 4.78 is 0. The van der Waals surface area contributed by atoms with Gasteiger partial charge in [0.15, 0.2) is 0 Å². The minimum atomic E-state index is -0.417. The third-order valence-electron chi connectivity index (χ3n) is 3.35. The van der Waals surface area contributed by atoms with Gasteiger partial charge < -0.3 is 10.2 Å². The Labute approximate surface area is 113 Å². The number of carbonyl (C=O) groups is 2. The van der Waals surface area contributed by atoms with Gasteiger partial charge in [0.2, 0.25) is 11.8 Å². The number of nitrogens with zero attached hydrogens (tertiary/aromatic N) is 1. The summed E-state index contributed by atoms with van der Waals surface area (Å²) >= 11 is 1.66. The summed E-state index contributed by atoms with van der Waals surface area (Å²) in [6.45, 7) is 6.48. The zero-order valence-corrected chi connectivity index (χ0v) is 12.2. The number of hydrogen-bond acceptors (Lipinski definition) is 3. The number of carbonyl (C=O) groups excluding carboxylic acids is 2. The monoisotopic (exact) mass is 270 g/mol. The van der Waals surface area contributed by atoms with Gasteiger partial charge in [-0.25, -0.2) is 0 Å². The van der Waals surface area contributed by atoms with E-state index in [1.807, 2.05) is 20.8 Å². The second-order valence-electron chi connectivity index (χ2n) is 6.23. The zero-order valence-electron chi connectivity index (χ0n) is 11.4. The second kappa shape index (κ2) is 5.11. The molecule has 0 radical (unpaired) electrons. The molecule has 1 saturated carbocycles. The molecular formula is C13H22N2O2S. The fraction of sp³-hybridized carbons (Fsp3) is 0.846. The van der Waals surface area contributed by atoms with Gasteiger partial charge in [-0.05, 0) is 18.8 Å². The number of rotatable bonds is 3. The van der Waals surface area contributed by atoms with Crippen LogP contribution < -0.4 is 5.32 Å². The molecule has 1 heterocycles. The summed E-state index contributed by atoms with van der Waals surface area (Å²) in [7, 11) is 0. The Bertz CT molecular complexity index is 347. The molecule has 18 heavy (non-hydrogen) atoms. The fourth-order valence-electron chi connectivity index (χ4n) is 1.98. The van der Waals surface area contributed by atoms with E-state index < -0.39 is 5.41 Å². The Morgan fingerprint density at radius 3 is 2.56 bits per heavy atom. The molecule has 2 aliphatic rings. The van der Waals surface area contributed by atoms with Crippen LogP contribution in [-0.4, -0.2) is 40.9 Å². The SMILES string of the molecule is CC(C)(C)C(=O)N1CSCC1C(=O)NCC1CC1. The predicted molar refractivity (Wildman–Crippen MR) is 73.1 cm³/mol. The van der Waals surface area contributed by atoms with Gasteiger partial charge in [0.1, 0.15) is 6.04 Å². The minimum absolute atomic E-state index is 0.0181. The van der Waals surface area contributed by atoms with E-state index in [1.165, 1.54) is 12.8 Å². The van der Waals surface area contributed by atoms with E-state index in [0.29, 0.717) is 11.8 Å². The smallest absolute Gasteiger partial charge is 0.243 e. The summed E-state index contributed by atoms with van der Waals surface area (Å²) in [6.07, 6.45) is 2.45. The van der Waals surface area contributed by atoms with Crippen LogP contribution in [0, 0.1) is 11.3 Å². The lowest BCUT2D eigenvalue weighted by Gasteiger charge is -2.29. The summed E-state index contributed by atoms with van der Waals surface area (Å²) in [5.74, 6) is 2.12. The molecule has 0 spiro atoms. The molecule has 5 heteroatoms. The van der Waals surface area contributed by atoms with Gasteiger partial charge in [0.25, 0.3) is 0 Å². The van der Waals surface area contributed by atoms with E-state index in [0.717, 1.165) is 12.3 Å². The van der Waals surface area contributed by atoms with Crippen molar-refractivity contribution in [2.45, 2.75) is 39.7 Å². The molecule has 1 aliphatic heterocycles.